The summed E-state index contributed by atoms with van der Waals surface area (Å²) >= 11 is 6.08. The van der Waals surface area contributed by atoms with E-state index < -0.39 is 0 Å². The largest absolute Gasteiger partial charge is 0.348 e. The van der Waals surface area contributed by atoms with Gasteiger partial charge in [0.15, 0.2) is 0 Å². The Hall–Kier alpha value is -1.03. The lowest BCUT2D eigenvalue weighted by Crippen LogP contribution is -2.41. The van der Waals surface area contributed by atoms with Crippen LogP contribution in [-0.4, -0.2) is 21.7 Å². The summed E-state index contributed by atoms with van der Waals surface area (Å²) < 4.78 is 1.66. The standard InChI is InChI=1S/C15H22ClN3O/c1-3-19-14(13(16)8-17-19)15(20)18-9(2)12-7-10-4-5-11(12)6-10/h8-12H,3-7H2,1-2H3,(H,18,20)/t9-,10+,11+,12+/m0/s1. The van der Waals surface area contributed by atoms with Gasteiger partial charge >= 0.3 is 0 Å². The van der Waals surface area contributed by atoms with Crippen LogP contribution >= 0.6 is 11.6 Å². The monoisotopic (exact) mass is 295 g/mol. The highest BCUT2D eigenvalue weighted by molar-refractivity contribution is 6.33. The third-order valence-corrected chi connectivity index (χ3v) is 5.38. The van der Waals surface area contributed by atoms with Crippen LogP contribution in [0.2, 0.25) is 5.02 Å². The maximum absolute atomic E-state index is 12.4. The average Bonchev–Trinajstić information content (AvgIpc) is 3.12. The Labute approximate surface area is 124 Å². The number of carbonyl (C=O) groups excluding carboxylic acids is 1. The van der Waals surface area contributed by atoms with Crippen molar-refractivity contribution in [3.63, 3.8) is 0 Å². The maximum Gasteiger partial charge on any atom is 0.271 e. The molecule has 1 N–H and O–H groups in total. The Balaban J connectivity index is 1.68. The molecule has 2 saturated carbocycles. The van der Waals surface area contributed by atoms with Crippen LogP contribution < -0.4 is 5.32 Å². The van der Waals surface area contributed by atoms with Gasteiger partial charge in [-0.15, -0.1) is 0 Å². The van der Waals surface area contributed by atoms with Gasteiger partial charge in [0.2, 0.25) is 0 Å². The summed E-state index contributed by atoms with van der Waals surface area (Å²) in [6.45, 7) is 4.74. The van der Waals surface area contributed by atoms with Crippen molar-refractivity contribution in [3.05, 3.63) is 16.9 Å². The number of nitrogens with zero attached hydrogens (tertiary/aromatic N) is 2. The molecule has 1 heterocycles. The molecular formula is C15H22ClN3O. The van der Waals surface area contributed by atoms with Crippen molar-refractivity contribution < 1.29 is 4.79 Å². The summed E-state index contributed by atoms with van der Waals surface area (Å²) in [6, 6.07) is 0.217. The second-order valence-electron chi connectivity index (χ2n) is 6.26. The third kappa shape index (κ3) is 2.34. The van der Waals surface area contributed by atoms with Gasteiger partial charge in [0.05, 0.1) is 11.2 Å². The van der Waals surface area contributed by atoms with Crippen molar-refractivity contribution in [1.29, 1.82) is 0 Å². The van der Waals surface area contributed by atoms with Crippen LogP contribution in [0.4, 0.5) is 0 Å². The SMILES string of the molecule is CCn1ncc(Cl)c1C(=O)N[C@@H](C)[C@H]1C[C@@H]2CC[C@@H]1C2. The lowest BCUT2D eigenvalue weighted by atomic mass is 9.84. The Morgan fingerprint density at radius 3 is 2.95 bits per heavy atom. The summed E-state index contributed by atoms with van der Waals surface area (Å²) in [6.07, 6.45) is 6.90. The Morgan fingerprint density at radius 1 is 1.55 bits per heavy atom. The molecule has 0 aliphatic heterocycles. The van der Waals surface area contributed by atoms with Crippen LogP contribution in [0.25, 0.3) is 0 Å². The van der Waals surface area contributed by atoms with Crippen molar-refractivity contribution in [1.82, 2.24) is 15.1 Å². The number of aromatic nitrogens is 2. The fraction of sp³-hybridized carbons (Fsp3) is 0.733. The van der Waals surface area contributed by atoms with E-state index >= 15 is 0 Å². The van der Waals surface area contributed by atoms with E-state index in [2.05, 4.69) is 17.3 Å². The Morgan fingerprint density at radius 2 is 2.35 bits per heavy atom. The summed E-state index contributed by atoms with van der Waals surface area (Å²) in [7, 11) is 0. The molecule has 2 aliphatic carbocycles. The molecule has 0 aromatic carbocycles. The molecule has 2 aliphatic rings. The van der Waals surface area contributed by atoms with E-state index in [9.17, 15) is 4.79 Å². The molecular weight excluding hydrogens is 274 g/mol. The molecule has 2 bridgehead atoms. The number of carbonyl (C=O) groups is 1. The lowest BCUT2D eigenvalue weighted by Gasteiger charge is -2.28. The Bertz CT molecular complexity index is 513. The van der Waals surface area contributed by atoms with Crippen LogP contribution in [0.1, 0.15) is 50.0 Å². The van der Waals surface area contributed by atoms with Crippen LogP contribution in [0, 0.1) is 17.8 Å². The van der Waals surface area contributed by atoms with Crippen LogP contribution in [0.5, 0.6) is 0 Å². The molecule has 0 unspecified atom stereocenters. The third-order valence-electron chi connectivity index (χ3n) is 5.10. The smallest absolute Gasteiger partial charge is 0.271 e. The van der Waals surface area contributed by atoms with E-state index in [1.807, 2.05) is 6.92 Å². The van der Waals surface area contributed by atoms with E-state index in [0.29, 0.717) is 23.2 Å². The van der Waals surface area contributed by atoms with E-state index in [1.165, 1.54) is 25.7 Å². The predicted molar refractivity (Wildman–Crippen MR) is 78.8 cm³/mol. The molecule has 110 valence electrons. The first-order chi connectivity index (χ1) is 9.60. The van der Waals surface area contributed by atoms with E-state index in [-0.39, 0.29) is 11.9 Å². The maximum atomic E-state index is 12.4. The fourth-order valence-electron chi connectivity index (χ4n) is 4.12. The predicted octanol–water partition coefficient (Wildman–Crippen LogP) is 3.11. The number of fused-ring (bicyclic) bond motifs is 2. The quantitative estimate of drug-likeness (QED) is 0.928. The van der Waals surface area contributed by atoms with Crippen molar-refractivity contribution in [3.8, 4) is 0 Å². The zero-order valence-electron chi connectivity index (χ0n) is 12.1. The molecule has 4 nitrogen and oxygen atoms in total. The van der Waals surface area contributed by atoms with Gasteiger partial charge in [-0.2, -0.15) is 5.10 Å². The topological polar surface area (TPSA) is 46.9 Å². The van der Waals surface area contributed by atoms with Gasteiger partial charge < -0.3 is 5.32 Å². The first-order valence-electron chi connectivity index (χ1n) is 7.62. The first-order valence-corrected chi connectivity index (χ1v) is 8.00. The second-order valence-corrected chi connectivity index (χ2v) is 6.66. The van der Waals surface area contributed by atoms with Gasteiger partial charge in [-0.25, -0.2) is 0 Å². The number of rotatable bonds is 4. The molecule has 20 heavy (non-hydrogen) atoms. The van der Waals surface area contributed by atoms with Gasteiger partial charge in [-0.1, -0.05) is 18.0 Å². The molecule has 1 amide bonds. The zero-order chi connectivity index (χ0) is 14.3. The minimum Gasteiger partial charge on any atom is -0.348 e. The highest BCUT2D eigenvalue weighted by atomic mass is 35.5. The van der Waals surface area contributed by atoms with Crippen molar-refractivity contribution in [2.45, 2.75) is 52.1 Å². The molecule has 0 radical (unpaired) electrons. The van der Waals surface area contributed by atoms with E-state index in [4.69, 9.17) is 11.6 Å². The minimum atomic E-state index is -0.0929. The first kappa shape index (κ1) is 13.9. The number of hydrogen-bond donors (Lipinski definition) is 1. The average molecular weight is 296 g/mol. The lowest BCUT2D eigenvalue weighted by molar-refractivity contribution is 0.0904. The van der Waals surface area contributed by atoms with Gasteiger partial charge in [0.25, 0.3) is 5.91 Å². The molecule has 0 spiro atoms. The summed E-state index contributed by atoms with van der Waals surface area (Å²) in [5.41, 5.74) is 0.490. The molecule has 3 rings (SSSR count). The number of halogens is 1. The molecule has 1 aromatic rings. The summed E-state index contributed by atoms with van der Waals surface area (Å²) in [5.74, 6) is 2.25. The molecule has 5 heteroatoms. The molecule has 1 aromatic heterocycles. The Kier molecular flexibility index (Phi) is 3.76. The molecule has 4 atom stereocenters. The highest BCUT2D eigenvalue weighted by Gasteiger charge is 2.42. The zero-order valence-corrected chi connectivity index (χ0v) is 12.9. The van der Waals surface area contributed by atoms with Gasteiger partial charge in [0, 0.05) is 12.6 Å². The van der Waals surface area contributed by atoms with E-state index in [0.717, 1.165) is 11.8 Å². The van der Waals surface area contributed by atoms with Crippen LogP contribution in [0.15, 0.2) is 6.20 Å². The number of nitrogens with one attached hydrogen (secondary N) is 1. The van der Waals surface area contributed by atoms with Gasteiger partial charge in [-0.05, 0) is 50.9 Å². The van der Waals surface area contributed by atoms with Gasteiger partial charge in [0.1, 0.15) is 5.69 Å². The second kappa shape index (κ2) is 5.40. The highest BCUT2D eigenvalue weighted by Crippen LogP contribution is 2.49. The van der Waals surface area contributed by atoms with Gasteiger partial charge in [-0.3, -0.25) is 9.48 Å². The van der Waals surface area contributed by atoms with Crippen molar-refractivity contribution in [2.75, 3.05) is 0 Å². The normalized spacial score (nSPS) is 29.6. The minimum absolute atomic E-state index is 0.0929. The summed E-state index contributed by atoms with van der Waals surface area (Å²) in [5, 5.41) is 7.70. The number of hydrogen-bond acceptors (Lipinski definition) is 2. The van der Waals surface area contributed by atoms with Crippen LogP contribution in [0.3, 0.4) is 0 Å². The molecule has 2 fully saturated rings. The number of aryl methyl sites for hydroxylation is 1. The summed E-state index contributed by atoms with van der Waals surface area (Å²) in [4.78, 5) is 12.4. The van der Waals surface area contributed by atoms with Crippen LogP contribution in [-0.2, 0) is 6.54 Å². The van der Waals surface area contributed by atoms with Crippen molar-refractivity contribution in [2.24, 2.45) is 17.8 Å². The molecule has 0 saturated heterocycles. The van der Waals surface area contributed by atoms with E-state index in [1.54, 1.807) is 10.9 Å². The fourth-order valence-corrected chi connectivity index (χ4v) is 4.34. The van der Waals surface area contributed by atoms with Crippen molar-refractivity contribution >= 4 is 17.5 Å². The number of amides is 1.